The lowest BCUT2D eigenvalue weighted by Gasteiger charge is -2.09. The SMILES string of the molecule is c1ccc(N=C(CSc2nncs2)Nc2ccccc2)cc1. The fourth-order valence-corrected chi connectivity index (χ4v) is 3.16. The second-order valence-electron chi connectivity index (χ2n) is 4.38. The van der Waals surface area contributed by atoms with Gasteiger partial charge in [0.15, 0.2) is 4.34 Å². The number of aliphatic imine (C=N–C) groups is 1. The number of rotatable bonds is 5. The smallest absolute Gasteiger partial charge is 0.174 e. The molecule has 0 aliphatic heterocycles. The van der Waals surface area contributed by atoms with Crippen molar-refractivity contribution in [3.63, 3.8) is 0 Å². The van der Waals surface area contributed by atoms with E-state index in [2.05, 4.69) is 15.5 Å². The van der Waals surface area contributed by atoms with E-state index in [9.17, 15) is 0 Å². The molecule has 6 heteroatoms. The van der Waals surface area contributed by atoms with Gasteiger partial charge in [0.25, 0.3) is 0 Å². The molecule has 0 atom stereocenters. The molecule has 0 radical (unpaired) electrons. The van der Waals surface area contributed by atoms with E-state index in [-0.39, 0.29) is 0 Å². The molecule has 0 fully saturated rings. The third-order valence-electron chi connectivity index (χ3n) is 2.76. The van der Waals surface area contributed by atoms with Gasteiger partial charge in [0.1, 0.15) is 11.3 Å². The second-order valence-corrected chi connectivity index (χ2v) is 6.43. The fourth-order valence-electron chi connectivity index (χ4n) is 1.80. The minimum Gasteiger partial charge on any atom is -0.343 e. The minimum absolute atomic E-state index is 0.707. The number of benzene rings is 2. The average Bonchev–Trinajstić information content (AvgIpc) is 3.08. The molecule has 0 bridgehead atoms. The fraction of sp³-hybridized carbons (Fsp3) is 0.0625. The summed E-state index contributed by atoms with van der Waals surface area (Å²) in [6.45, 7) is 0. The Morgan fingerprint density at radius 1 is 1.05 bits per heavy atom. The molecule has 1 aromatic heterocycles. The van der Waals surface area contributed by atoms with Gasteiger partial charge in [-0.25, -0.2) is 4.99 Å². The van der Waals surface area contributed by atoms with Crippen LogP contribution in [0.5, 0.6) is 0 Å². The van der Waals surface area contributed by atoms with E-state index in [0.29, 0.717) is 5.75 Å². The molecule has 4 nitrogen and oxygen atoms in total. The molecule has 0 aliphatic rings. The van der Waals surface area contributed by atoms with Crippen LogP contribution in [0.25, 0.3) is 0 Å². The molecule has 2 aromatic carbocycles. The van der Waals surface area contributed by atoms with Crippen molar-refractivity contribution in [2.75, 3.05) is 11.1 Å². The van der Waals surface area contributed by atoms with Crippen molar-refractivity contribution in [1.29, 1.82) is 0 Å². The number of nitrogens with one attached hydrogen (secondary N) is 1. The highest BCUT2D eigenvalue weighted by molar-refractivity contribution is 8.01. The molecule has 0 aliphatic carbocycles. The monoisotopic (exact) mass is 326 g/mol. The maximum Gasteiger partial charge on any atom is 0.174 e. The number of hydrogen-bond acceptors (Lipinski definition) is 5. The van der Waals surface area contributed by atoms with Crippen LogP contribution in [0.4, 0.5) is 11.4 Å². The Hall–Kier alpha value is -2.18. The number of para-hydroxylation sites is 2. The summed E-state index contributed by atoms with van der Waals surface area (Å²) in [7, 11) is 0. The molecule has 0 spiro atoms. The Kier molecular flexibility index (Phi) is 5.18. The molecule has 0 saturated carbocycles. The first-order chi connectivity index (χ1) is 10.9. The van der Waals surface area contributed by atoms with E-state index in [1.807, 2.05) is 60.7 Å². The van der Waals surface area contributed by atoms with Gasteiger partial charge in [-0.2, -0.15) is 0 Å². The number of hydrogen-bond donors (Lipinski definition) is 1. The highest BCUT2D eigenvalue weighted by Gasteiger charge is 2.05. The van der Waals surface area contributed by atoms with Crippen molar-refractivity contribution in [2.24, 2.45) is 4.99 Å². The Bertz CT molecular complexity index is 712. The number of aromatic nitrogens is 2. The van der Waals surface area contributed by atoms with E-state index in [4.69, 9.17) is 4.99 Å². The van der Waals surface area contributed by atoms with Crippen molar-refractivity contribution in [3.8, 4) is 0 Å². The summed E-state index contributed by atoms with van der Waals surface area (Å²) < 4.78 is 0.940. The summed E-state index contributed by atoms with van der Waals surface area (Å²) in [4.78, 5) is 4.69. The molecular formula is C16H14N4S2. The van der Waals surface area contributed by atoms with Crippen molar-refractivity contribution in [1.82, 2.24) is 10.2 Å². The maximum atomic E-state index is 4.69. The molecule has 1 heterocycles. The van der Waals surface area contributed by atoms with E-state index in [1.54, 1.807) is 17.3 Å². The largest absolute Gasteiger partial charge is 0.343 e. The standard InChI is InChI=1S/C16H14N4S2/c1-3-7-13(8-4-1)18-15(11-21-16-20-17-12-22-16)19-14-9-5-2-6-10-14/h1-10,12H,11H2,(H,18,19). The Morgan fingerprint density at radius 3 is 2.45 bits per heavy atom. The van der Waals surface area contributed by atoms with Crippen molar-refractivity contribution < 1.29 is 0 Å². The second kappa shape index (κ2) is 7.72. The van der Waals surface area contributed by atoms with Gasteiger partial charge in [0, 0.05) is 5.69 Å². The van der Waals surface area contributed by atoms with Gasteiger partial charge in [-0.3, -0.25) is 0 Å². The number of thioether (sulfide) groups is 1. The van der Waals surface area contributed by atoms with Crippen LogP contribution in [0.3, 0.4) is 0 Å². The Morgan fingerprint density at radius 2 is 1.77 bits per heavy atom. The molecular weight excluding hydrogens is 312 g/mol. The zero-order valence-corrected chi connectivity index (χ0v) is 13.3. The normalized spacial score (nSPS) is 11.4. The quantitative estimate of drug-likeness (QED) is 0.427. The third kappa shape index (κ3) is 4.41. The van der Waals surface area contributed by atoms with Gasteiger partial charge in [0.2, 0.25) is 0 Å². The summed E-state index contributed by atoms with van der Waals surface area (Å²) in [5.74, 6) is 1.59. The Labute approximate surface area is 137 Å². The van der Waals surface area contributed by atoms with Crippen LogP contribution in [0.2, 0.25) is 0 Å². The maximum absolute atomic E-state index is 4.69. The van der Waals surface area contributed by atoms with E-state index in [1.165, 1.54) is 11.3 Å². The zero-order valence-electron chi connectivity index (χ0n) is 11.7. The summed E-state index contributed by atoms with van der Waals surface area (Å²) in [6.07, 6.45) is 0. The predicted molar refractivity (Wildman–Crippen MR) is 94.2 cm³/mol. The van der Waals surface area contributed by atoms with Gasteiger partial charge in [-0.15, -0.1) is 10.2 Å². The van der Waals surface area contributed by atoms with Crippen LogP contribution >= 0.6 is 23.1 Å². The van der Waals surface area contributed by atoms with E-state index >= 15 is 0 Å². The lowest BCUT2D eigenvalue weighted by Crippen LogP contribution is -2.14. The zero-order chi connectivity index (χ0) is 15.0. The highest BCUT2D eigenvalue weighted by atomic mass is 32.2. The van der Waals surface area contributed by atoms with Gasteiger partial charge in [-0.05, 0) is 24.3 Å². The summed E-state index contributed by atoms with van der Waals surface area (Å²) in [5, 5.41) is 11.3. The van der Waals surface area contributed by atoms with Gasteiger partial charge < -0.3 is 5.32 Å². The first-order valence-electron chi connectivity index (χ1n) is 6.74. The third-order valence-corrected chi connectivity index (χ3v) is 4.63. The molecule has 3 rings (SSSR count). The lowest BCUT2D eigenvalue weighted by molar-refractivity contribution is 1.01. The summed E-state index contributed by atoms with van der Waals surface area (Å²) in [6, 6.07) is 20.0. The van der Waals surface area contributed by atoms with Crippen LogP contribution in [-0.2, 0) is 0 Å². The molecule has 22 heavy (non-hydrogen) atoms. The molecule has 0 saturated heterocycles. The first-order valence-corrected chi connectivity index (χ1v) is 8.60. The van der Waals surface area contributed by atoms with Crippen LogP contribution in [0.1, 0.15) is 0 Å². The molecule has 0 unspecified atom stereocenters. The predicted octanol–water partition coefficient (Wildman–Crippen LogP) is 4.47. The van der Waals surface area contributed by atoms with Gasteiger partial charge in [0.05, 0.1) is 11.4 Å². The molecule has 3 aromatic rings. The van der Waals surface area contributed by atoms with Crippen LogP contribution in [-0.4, -0.2) is 21.8 Å². The van der Waals surface area contributed by atoms with Crippen molar-refractivity contribution in [3.05, 3.63) is 66.2 Å². The topological polar surface area (TPSA) is 50.2 Å². The summed E-state index contributed by atoms with van der Waals surface area (Å²) >= 11 is 3.16. The van der Waals surface area contributed by atoms with E-state index in [0.717, 1.165) is 21.6 Å². The molecule has 1 N–H and O–H groups in total. The summed E-state index contributed by atoms with van der Waals surface area (Å²) in [5.41, 5.74) is 3.69. The lowest BCUT2D eigenvalue weighted by atomic mass is 10.3. The number of anilines is 1. The average molecular weight is 326 g/mol. The number of amidine groups is 1. The highest BCUT2D eigenvalue weighted by Crippen LogP contribution is 2.21. The molecule has 0 amide bonds. The van der Waals surface area contributed by atoms with Crippen molar-refractivity contribution >= 4 is 40.3 Å². The first kappa shape index (κ1) is 14.7. The van der Waals surface area contributed by atoms with Crippen molar-refractivity contribution in [2.45, 2.75) is 4.34 Å². The van der Waals surface area contributed by atoms with Crippen LogP contribution in [0, 0.1) is 0 Å². The molecule has 110 valence electrons. The van der Waals surface area contributed by atoms with Gasteiger partial charge in [-0.1, -0.05) is 59.5 Å². The number of nitrogens with zero attached hydrogens (tertiary/aromatic N) is 3. The minimum atomic E-state index is 0.707. The van der Waals surface area contributed by atoms with Crippen LogP contribution in [0.15, 0.2) is 75.5 Å². The van der Waals surface area contributed by atoms with Gasteiger partial charge >= 0.3 is 0 Å². The van der Waals surface area contributed by atoms with E-state index < -0.39 is 0 Å². The Balaban J connectivity index is 1.77. The van der Waals surface area contributed by atoms with Crippen LogP contribution < -0.4 is 5.32 Å².